The number of aromatic amines is 1. The molecule has 2 N–H and O–H groups in total. The topological polar surface area (TPSA) is 149 Å². The minimum absolute atomic E-state index is 0.0318. The maximum Gasteiger partial charge on any atom is 0.342 e. The van der Waals surface area contributed by atoms with E-state index < -0.39 is 23.2 Å². The largest absolute Gasteiger partial charge is 0.478 e. The summed E-state index contributed by atoms with van der Waals surface area (Å²) in [6.07, 6.45) is 1.97. The number of H-pyrrole nitrogens is 1. The quantitative estimate of drug-likeness (QED) is 0.376. The van der Waals surface area contributed by atoms with E-state index in [-0.39, 0.29) is 47.2 Å². The number of nitrogens with zero attached hydrogens (tertiary/aromatic N) is 3. The second kappa shape index (κ2) is 9.50. The summed E-state index contributed by atoms with van der Waals surface area (Å²) >= 11 is 0. The highest BCUT2D eigenvalue weighted by Crippen LogP contribution is 2.26. The summed E-state index contributed by atoms with van der Waals surface area (Å²) in [5, 5.41) is 9.07. The van der Waals surface area contributed by atoms with Crippen molar-refractivity contribution in [3.05, 3.63) is 44.8 Å². The lowest BCUT2D eigenvalue weighted by atomic mass is 10.2. The van der Waals surface area contributed by atoms with Gasteiger partial charge in [-0.05, 0) is 31.9 Å². The summed E-state index contributed by atoms with van der Waals surface area (Å²) in [5.74, 6) is -1.89. The summed E-state index contributed by atoms with van der Waals surface area (Å²) < 4.78 is 13.2. The Hall–Kier alpha value is -3.89. The number of rotatable bonds is 9. The Labute approximate surface area is 181 Å². The Bertz CT molecular complexity index is 1310. The SMILES string of the molecule is CCCn1c(=O)c2[nH]c(-c3ccc(/C(=C/C(=O)O)C(=O)OCC)o3)nc2n(CCC)c1=O. The van der Waals surface area contributed by atoms with Gasteiger partial charge in [-0.1, -0.05) is 13.8 Å². The standard InChI is InChI=1S/C21H24N4O7/c1-4-9-24-18-16(19(28)25(10-5-2)21(24)30)22-17(23-18)14-8-7-13(32-14)12(11-15(26)27)20(29)31-6-3/h7-8,11H,4-6,9-10H2,1-3H3,(H,22,23)(H,26,27)/b12-11-. The number of furan rings is 1. The number of hydrogen-bond acceptors (Lipinski definition) is 7. The lowest BCUT2D eigenvalue weighted by molar-refractivity contribution is -0.137. The molecule has 0 atom stereocenters. The third-order valence-corrected chi connectivity index (χ3v) is 4.62. The number of aryl methyl sites for hydroxylation is 1. The number of imidazole rings is 1. The van der Waals surface area contributed by atoms with E-state index in [1.165, 1.54) is 21.3 Å². The molecular weight excluding hydrogens is 420 g/mol. The minimum Gasteiger partial charge on any atom is -0.478 e. The predicted molar refractivity (Wildman–Crippen MR) is 115 cm³/mol. The molecule has 3 heterocycles. The second-order valence-corrected chi connectivity index (χ2v) is 6.96. The van der Waals surface area contributed by atoms with Gasteiger partial charge in [-0.2, -0.15) is 0 Å². The predicted octanol–water partition coefficient (Wildman–Crippen LogP) is 2.00. The fourth-order valence-electron chi connectivity index (χ4n) is 3.30. The number of carbonyl (C=O) groups excluding carboxylic acids is 1. The lowest BCUT2D eigenvalue weighted by Crippen LogP contribution is -2.40. The lowest BCUT2D eigenvalue weighted by Gasteiger charge is -2.09. The molecule has 170 valence electrons. The fourth-order valence-corrected chi connectivity index (χ4v) is 3.30. The van der Waals surface area contributed by atoms with Gasteiger partial charge in [0.05, 0.1) is 6.61 Å². The molecule has 0 spiro atoms. The Morgan fingerprint density at radius 2 is 1.84 bits per heavy atom. The summed E-state index contributed by atoms with van der Waals surface area (Å²) in [7, 11) is 0. The van der Waals surface area contributed by atoms with Gasteiger partial charge in [0.1, 0.15) is 11.3 Å². The van der Waals surface area contributed by atoms with Crippen LogP contribution in [-0.2, 0) is 27.4 Å². The van der Waals surface area contributed by atoms with Gasteiger partial charge >= 0.3 is 17.6 Å². The zero-order chi connectivity index (χ0) is 23.4. The van der Waals surface area contributed by atoms with Crippen molar-refractivity contribution in [3.63, 3.8) is 0 Å². The van der Waals surface area contributed by atoms with Crippen LogP contribution in [0, 0.1) is 0 Å². The number of carboxylic acids is 1. The maximum absolute atomic E-state index is 12.8. The summed E-state index contributed by atoms with van der Waals surface area (Å²) in [4.78, 5) is 56.2. The molecule has 0 unspecified atom stereocenters. The van der Waals surface area contributed by atoms with Crippen molar-refractivity contribution < 1.29 is 23.8 Å². The van der Waals surface area contributed by atoms with Crippen LogP contribution in [0.25, 0.3) is 28.3 Å². The molecule has 0 bridgehead atoms. The van der Waals surface area contributed by atoms with Crippen LogP contribution in [-0.4, -0.2) is 42.8 Å². The van der Waals surface area contributed by atoms with Gasteiger partial charge in [-0.25, -0.2) is 19.4 Å². The van der Waals surface area contributed by atoms with Crippen molar-refractivity contribution in [2.45, 2.75) is 46.7 Å². The number of fused-ring (bicyclic) bond motifs is 1. The maximum atomic E-state index is 12.8. The molecule has 32 heavy (non-hydrogen) atoms. The second-order valence-electron chi connectivity index (χ2n) is 6.96. The number of nitrogens with one attached hydrogen (secondary N) is 1. The van der Waals surface area contributed by atoms with Gasteiger partial charge < -0.3 is 19.2 Å². The first-order chi connectivity index (χ1) is 15.3. The minimum atomic E-state index is -1.34. The van der Waals surface area contributed by atoms with E-state index in [2.05, 4.69) is 9.97 Å². The first-order valence-electron chi connectivity index (χ1n) is 10.3. The summed E-state index contributed by atoms with van der Waals surface area (Å²) in [6, 6.07) is 2.89. The zero-order valence-corrected chi connectivity index (χ0v) is 18.0. The van der Waals surface area contributed by atoms with E-state index in [0.717, 1.165) is 0 Å². The van der Waals surface area contributed by atoms with Crippen LogP contribution >= 0.6 is 0 Å². The van der Waals surface area contributed by atoms with Crippen LogP contribution in [0.1, 0.15) is 39.4 Å². The van der Waals surface area contributed by atoms with E-state index in [0.29, 0.717) is 25.5 Å². The van der Waals surface area contributed by atoms with Crippen LogP contribution in [0.2, 0.25) is 0 Å². The van der Waals surface area contributed by atoms with Crippen LogP contribution in [0.5, 0.6) is 0 Å². The first kappa shape index (κ1) is 22.8. The van der Waals surface area contributed by atoms with Crippen LogP contribution in [0.4, 0.5) is 0 Å². The van der Waals surface area contributed by atoms with Crippen molar-refractivity contribution in [3.8, 4) is 11.6 Å². The molecule has 0 fully saturated rings. The van der Waals surface area contributed by atoms with Crippen molar-refractivity contribution in [2.75, 3.05) is 6.61 Å². The smallest absolute Gasteiger partial charge is 0.342 e. The van der Waals surface area contributed by atoms with Crippen molar-refractivity contribution in [2.24, 2.45) is 0 Å². The van der Waals surface area contributed by atoms with Crippen molar-refractivity contribution in [1.82, 2.24) is 19.1 Å². The van der Waals surface area contributed by atoms with Gasteiger partial charge in [-0.3, -0.25) is 13.9 Å². The molecule has 3 aromatic heterocycles. The molecule has 11 nitrogen and oxygen atoms in total. The molecule has 0 aromatic carbocycles. The summed E-state index contributed by atoms with van der Waals surface area (Å²) in [6.45, 7) is 6.09. The average molecular weight is 444 g/mol. The van der Waals surface area contributed by atoms with Crippen molar-refractivity contribution in [1.29, 1.82) is 0 Å². The highest BCUT2D eigenvalue weighted by molar-refractivity contribution is 6.19. The molecule has 3 aromatic rings. The number of aromatic nitrogens is 4. The van der Waals surface area contributed by atoms with E-state index in [9.17, 15) is 19.2 Å². The van der Waals surface area contributed by atoms with Gasteiger partial charge in [0.2, 0.25) is 0 Å². The van der Waals surface area contributed by atoms with Crippen LogP contribution in [0.15, 0.2) is 32.2 Å². The number of hydrogen-bond donors (Lipinski definition) is 2. The monoisotopic (exact) mass is 444 g/mol. The Kier molecular flexibility index (Phi) is 6.76. The molecule has 0 saturated heterocycles. The Morgan fingerprint density at radius 1 is 1.16 bits per heavy atom. The molecule has 0 radical (unpaired) electrons. The summed E-state index contributed by atoms with van der Waals surface area (Å²) in [5.41, 5.74) is -0.823. The molecule has 11 heteroatoms. The van der Waals surface area contributed by atoms with Gasteiger partial charge in [0, 0.05) is 19.2 Å². The third-order valence-electron chi connectivity index (χ3n) is 4.62. The molecule has 3 rings (SSSR count). The van der Waals surface area contributed by atoms with E-state index in [4.69, 9.17) is 14.3 Å². The van der Waals surface area contributed by atoms with Crippen LogP contribution in [0.3, 0.4) is 0 Å². The van der Waals surface area contributed by atoms with E-state index in [1.54, 1.807) is 6.92 Å². The molecular formula is C21H24N4O7. The number of carbonyl (C=O) groups is 2. The first-order valence-corrected chi connectivity index (χ1v) is 10.3. The van der Waals surface area contributed by atoms with Gasteiger partial charge in [0.25, 0.3) is 5.56 Å². The van der Waals surface area contributed by atoms with Crippen LogP contribution < -0.4 is 11.2 Å². The fraction of sp³-hybridized carbons (Fsp3) is 0.381. The van der Waals surface area contributed by atoms with E-state index in [1.807, 2.05) is 13.8 Å². The molecule has 0 aliphatic carbocycles. The van der Waals surface area contributed by atoms with Gasteiger partial charge in [-0.15, -0.1) is 0 Å². The number of ether oxygens (including phenoxy) is 1. The number of esters is 1. The Morgan fingerprint density at radius 3 is 2.47 bits per heavy atom. The third kappa shape index (κ3) is 4.27. The number of carboxylic acid groups (broad SMARTS) is 1. The molecule has 0 aliphatic heterocycles. The molecule has 0 saturated carbocycles. The average Bonchev–Trinajstić information content (AvgIpc) is 3.40. The highest BCUT2D eigenvalue weighted by atomic mass is 16.5. The molecule has 0 aliphatic rings. The van der Waals surface area contributed by atoms with Gasteiger partial charge in [0.15, 0.2) is 22.7 Å². The normalized spacial score (nSPS) is 11.8. The zero-order valence-electron chi connectivity index (χ0n) is 18.0. The van der Waals surface area contributed by atoms with Crippen molar-refractivity contribution >= 4 is 28.7 Å². The molecule has 0 amide bonds. The highest BCUT2D eigenvalue weighted by Gasteiger charge is 2.22. The number of aliphatic carboxylic acids is 1. The Balaban J connectivity index is 2.15. The van der Waals surface area contributed by atoms with E-state index >= 15 is 0 Å².